The summed E-state index contributed by atoms with van der Waals surface area (Å²) in [4.78, 5) is 68.3. The minimum atomic E-state index is -2.03. The number of carboxylic acid groups (broad SMARTS) is 1. The fraction of sp³-hybridized carbons (Fsp3) is 0.424. The maximum atomic E-state index is 13.7. The number of nitrogens with one attached hydrogen (secondary N) is 1. The van der Waals surface area contributed by atoms with Gasteiger partial charge in [-0.3, -0.25) is 28.9 Å². The van der Waals surface area contributed by atoms with Crippen LogP contribution in [-0.4, -0.2) is 62.6 Å². The molecule has 4 atom stereocenters. The van der Waals surface area contributed by atoms with E-state index in [9.17, 15) is 29.1 Å². The van der Waals surface area contributed by atoms with Crippen LogP contribution < -0.4 is 22.9 Å². The molecule has 12 heteroatoms. The van der Waals surface area contributed by atoms with E-state index in [1.165, 1.54) is 0 Å². The summed E-state index contributed by atoms with van der Waals surface area (Å²) in [6.45, 7) is 2.09. The number of benzene rings is 2. The highest BCUT2D eigenvalue weighted by Crippen LogP contribution is 2.30. The number of nitrogens with zero attached hydrogens (tertiary/aromatic N) is 1. The Labute approximate surface area is 262 Å². The van der Waals surface area contributed by atoms with Crippen molar-refractivity contribution in [1.29, 1.82) is 0 Å². The lowest BCUT2D eigenvalue weighted by atomic mass is 9.81. The van der Waals surface area contributed by atoms with Crippen LogP contribution in [0.4, 0.5) is 0 Å². The monoisotopic (exact) mass is 620 g/mol. The number of ketones is 1. The highest BCUT2D eigenvalue weighted by Gasteiger charge is 2.42. The summed E-state index contributed by atoms with van der Waals surface area (Å²) in [6.07, 6.45) is 4.73. The molecule has 3 aromatic rings. The van der Waals surface area contributed by atoms with E-state index < -0.39 is 59.6 Å². The Morgan fingerprint density at radius 3 is 2.16 bits per heavy atom. The van der Waals surface area contributed by atoms with Gasteiger partial charge in [-0.15, -0.1) is 0 Å². The summed E-state index contributed by atoms with van der Waals surface area (Å²) in [5.41, 5.74) is 26.2. The molecule has 0 aliphatic carbocycles. The van der Waals surface area contributed by atoms with E-state index in [1.54, 1.807) is 6.20 Å². The number of carbonyl (C=O) groups excluding carboxylic acids is 4. The van der Waals surface area contributed by atoms with Gasteiger partial charge in [0.05, 0.1) is 18.5 Å². The lowest BCUT2D eigenvalue weighted by Gasteiger charge is -2.32. The molecular formula is C33H44N6O6. The quantitative estimate of drug-likeness (QED) is 0.0903. The summed E-state index contributed by atoms with van der Waals surface area (Å²) < 4.78 is 0. The molecule has 0 aliphatic rings. The first-order valence-corrected chi connectivity index (χ1v) is 15.2. The fourth-order valence-electron chi connectivity index (χ4n) is 5.64. The second-order valence-electron chi connectivity index (χ2n) is 11.5. The largest absolute Gasteiger partial charge is 0.481 e. The molecule has 0 fully saturated rings. The average molecular weight is 621 g/mol. The molecule has 1 aromatic heterocycles. The van der Waals surface area contributed by atoms with Gasteiger partial charge in [0.1, 0.15) is 0 Å². The van der Waals surface area contributed by atoms with Gasteiger partial charge in [-0.1, -0.05) is 74.7 Å². The number of unbranched alkanes of at least 4 members (excludes halogenated alkanes) is 2. The number of carbonyl (C=O) groups is 5. The maximum Gasteiger partial charge on any atom is 0.305 e. The third-order valence-electron chi connectivity index (χ3n) is 8.07. The number of amides is 3. The number of aromatic nitrogens is 1. The Kier molecular flexibility index (Phi) is 12.5. The lowest BCUT2D eigenvalue weighted by Crippen LogP contribution is -2.62. The first kappa shape index (κ1) is 35.1. The number of hydrogen-bond donors (Lipinski definition) is 6. The van der Waals surface area contributed by atoms with E-state index in [0.717, 1.165) is 35.7 Å². The number of nitrogens with two attached hydrogens (primary N) is 4. The normalized spacial score (nSPS) is 14.7. The van der Waals surface area contributed by atoms with Crippen LogP contribution in [0.2, 0.25) is 0 Å². The lowest BCUT2D eigenvalue weighted by molar-refractivity contribution is -0.157. The highest BCUT2D eigenvalue weighted by molar-refractivity contribution is 6.14. The summed E-state index contributed by atoms with van der Waals surface area (Å²) in [5, 5.41) is 10.0. The van der Waals surface area contributed by atoms with Crippen LogP contribution in [0.3, 0.4) is 0 Å². The number of Topliss-reactive ketones (excluding diaryl/α,β-unsaturated/α-hetero) is 1. The van der Waals surface area contributed by atoms with Crippen molar-refractivity contribution in [2.45, 2.75) is 88.4 Å². The summed E-state index contributed by atoms with van der Waals surface area (Å²) in [7, 11) is 0. The van der Waals surface area contributed by atoms with Gasteiger partial charge in [0.15, 0.2) is 11.8 Å². The van der Waals surface area contributed by atoms with Crippen LogP contribution in [0.1, 0.15) is 69.4 Å². The smallest absolute Gasteiger partial charge is 0.305 e. The van der Waals surface area contributed by atoms with Crippen molar-refractivity contribution >= 4 is 40.4 Å². The van der Waals surface area contributed by atoms with Crippen molar-refractivity contribution in [3.8, 4) is 0 Å². The molecule has 0 radical (unpaired) electrons. The van der Waals surface area contributed by atoms with Gasteiger partial charge in [-0.25, -0.2) is 0 Å². The SMILES string of the molecule is CCCCCC(N)(CCCC(=O)[C@@H](C(N)=O)N(C(=O)[C@@H](N)CC(=O)O)C(=O)[C@@H](N)Cc1c[nH]c2ccccc12)c1ccccc1. The van der Waals surface area contributed by atoms with Crippen LogP contribution in [0.25, 0.3) is 10.9 Å². The van der Waals surface area contributed by atoms with Crippen molar-refractivity contribution < 1.29 is 29.1 Å². The van der Waals surface area contributed by atoms with Gasteiger partial charge >= 0.3 is 5.97 Å². The van der Waals surface area contributed by atoms with Gasteiger partial charge in [-0.2, -0.15) is 0 Å². The number of aliphatic carboxylic acids is 1. The molecule has 0 saturated heterocycles. The standard InChI is InChI=1S/C33H44N6O6/c1-2-3-9-16-33(37,22-11-5-4-6-12-22)17-10-15-27(40)29(30(36)43)39(32(45)25(35)19-28(41)42)31(44)24(34)18-21-20-38-26-14-8-7-13-23(21)26/h4-8,11-14,20,24-25,29,38H,2-3,9-10,15-19,34-35,37H2,1H3,(H2,36,43)(H,41,42)/t24-,25-,29-,33?/m0/s1. The molecular weight excluding hydrogens is 576 g/mol. The number of para-hydroxylation sites is 1. The summed E-state index contributed by atoms with van der Waals surface area (Å²) in [6, 6.07) is 11.7. The minimum Gasteiger partial charge on any atom is -0.481 e. The van der Waals surface area contributed by atoms with Crippen LogP contribution in [0.5, 0.6) is 0 Å². The Morgan fingerprint density at radius 1 is 0.889 bits per heavy atom. The minimum absolute atomic E-state index is 0.0506. The zero-order valence-electron chi connectivity index (χ0n) is 25.6. The molecule has 10 N–H and O–H groups in total. The molecule has 3 amide bonds. The zero-order valence-corrected chi connectivity index (χ0v) is 25.6. The fourth-order valence-corrected chi connectivity index (χ4v) is 5.64. The number of rotatable bonds is 18. The Balaban J connectivity index is 1.85. The van der Waals surface area contributed by atoms with Gasteiger partial charge < -0.3 is 33.0 Å². The molecule has 242 valence electrons. The number of fused-ring (bicyclic) bond motifs is 1. The predicted octanol–water partition coefficient (Wildman–Crippen LogP) is 2.22. The van der Waals surface area contributed by atoms with Crippen molar-refractivity contribution in [2.24, 2.45) is 22.9 Å². The third kappa shape index (κ3) is 9.07. The molecule has 1 unspecified atom stereocenters. The van der Waals surface area contributed by atoms with E-state index in [0.29, 0.717) is 23.3 Å². The number of aromatic amines is 1. The molecule has 2 aromatic carbocycles. The van der Waals surface area contributed by atoms with E-state index in [4.69, 9.17) is 22.9 Å². The average Bonchev–Trinajstić information content (AvgIpc) is 3.41. The van der Waals surface area contributed by atoms with E-state index in [1.807, 2.05) is 54.6 Å². The second kappa shape index (κ2) is 16.1. The van der Waals surface area contributed by atoms with Crippen molar-refractivity contribution in [2.75, 3.05) is 0 Å². The van der Waals surface area contributed by atoms with E-state index >= 15 is 0 Å². The predicted molar refractivity (Wildman–Crippen MR) is 170 cm³/mol. The topological polar surface area (TPSA) is 229 Å². The summed E-state index contributed by atoms with van der Waals surface area (Å²) >= 11 is 0. The first-order valence-electron chi connectivity index (χ1n) is 15.2. The third-order valence-corrected chi connectivity index (χ3v) is 8.07. The zero-order chi connectivity index (χ0) is 33.1. The molecule has 45 heavy (non-hydrogen) atoms. The van der Waals surface area contributed by atoms with Crippen LogP contribution >= 0.6 is 0 Å². The molecule has 0 bridgehead atoms. The second-order valence-corrected chi connectivity index (χ2v) is 11.5. The first-order chi connectivity index (χ1) is 21.4. The molecule has 0 saturated carbocycles. The van der Waals surface area contributed by atoms with E-state index in [-0.39, 0.29) is 19.3 Å². The van der Waals surface area contributed by atoms with Gasteiger partial charge in [0.2, 0.25) is 17.7 Å². The van der Waals surface area contributed by atoms with Crippen molar-refractivity contribution in [3.63, 3.8) is 0 Å². The molecule has 0 aliphatic heterocycles. The highest BCUT2D eigenvalue weighted by atomic mass is 16.4. The van der Waals surface area contributed by atoms with Gasteiger partial charge in [0, 0.05) is 29.1 Å². The van der Waals surface area contributed by atoms with Gasteiger partial charge in [0.25, 0.3) is 0 Å². The van der Waals surface area contributed by atoms with E-state index in [2.05, 4.69) is 11.9 Å². The molecule has 3 rings (SSSR count). The Hall–Kier alpha value is -4.39. The van der Waals surface area contributed by atoms with Crippen LogP contribution in [0, 0.1) is 0 Å². The summed E-state index contributed by atoms with van der Waals surface area (Å²) in [5.74, 6) is -5.76. The number of imide groups is 1. The van der Waals surface area contributed by atoms with Crippen LogP contribution in [0.15, 0.2) is 60.8 Å². The van der Waals surface area contributed by atoms with Crippen molar-refractivity contribution in [1.82, 2.24) is 9.88 Å². The number of hydrogen-bond acceptors (Lipinski definition) is 8. The number of carboxylic acids is 1. The number of primary amides is 1. The molecule has 12 nitrogen and oxygen atoms in total. The molecule has 1 heterocycles. The molecule has 0 spiro atoms. The maximum absolute atomic E-state index is 13.7. The van der Waals surface area contributed by atoms with Gasteiger partial charge in [-0.05, 0) is 42.9 Å². The van der Waals surface area contributed by atoms with Crippen LogP contribution in [-0.2, 0) is 35.9 Å². The number of H-pyrrole nitrogens is 1. The Morgan fingerprint density at radius 2 is 1.51 bits per heavy atom. The van der Waals surface area contributed by atoms with Crippen molar-refractivity contribution in [3.05, 3.63) is 71.9 Å². The Bertz CT molecular complexity index is 1490.